The minimum absolute atomic E-state index is 0.159. The quantitative estimate of drug-likeness (QED) is 0.788. The second-order valence-corrected chi connectivity index (χ2v) is 6.27. The van der Waals surface area contributed by atoms with Gasteiger partial charge in [-0.1, -0.05) is 23.7 Å². The van der Waals surface area contributed by atoms with Gasteiger partial charge in [-0.3, -0.25) is 4.79 Å². The number of carbonyl (C=O) groups excluding carboxylic acids is 1. The molecule has 0 saturated carbocycles. The van der Waals surface area contributed by atoms with Crippen molar-refractivity contribution in [1.82, 2.24) is 0 Å². The second-order valence-electron chi connectivity index (χ2n) is 5.87. The van der Waals surface area contributed by atoms with E-state index in [4.69, 9.17) is 21.1 Å². The minimum Gasteiger partial charge on any atom is -0.493 e. The van der Waals surface area contributed by atoms with Crippen LogP contribution in [0.3, 0.4) is 0 Å². The largest absolute Gasteiger partial charge is 0.493 e. The Kier molecular flexibility index (Phi) is 5.29. The molecule has 2 aromatic carbocycles. The van der Waals surface area contributed by atoms with Gasteiger partial charge in [0.2, 0.25) is 5.91 Å². The predicted molar refractivity (Wildman–Crippen MR) is 101 cm³/mol. The maximum absolute atomic E-state index is 12.2. The molecule has 1 aliphatic rings. The van der Waals surface area contributed by atoms with Crippen molar-refractivity contribution in [2.45, 2.75) is 26.4 Å². The first-order valence-corrected chi connectivity index (χ1v) is 8.64. The predicted octanol–water partition coefficient (Wildman–Crippen LogP) is 4.71. The average Bonchev–Trinajstić information content (AvgIpc) is 2.94. The second kappa shape index (κ2) is 7.62. The van der Waals surface area contributed by atoms with E-state index in [2.05, 4.69) is 5.32 Å². The SMILES string of the molecule is CCOc1cc2c(cc1/C=C/C(=O)Nc1ccccc1Cl)O[C@H](C)C2. The number of anilines is 1. The number of para-hydroxylation sites is 1. The Morgan fingerprint density at radius 2 is 2.20 bits per heavy atom. The van der Waals surface area contributed by atoms with E-state index in [9.17, 15) is 4.79 Å². The normalized spacial score (nSPS) is 15.7. The molecule has 3 rings (SSSR count). The zero-order valence-electron chi connectivity index (χ0n) is 14.2. The number of fused-ring (bicyclic) bond motifs is 1. The lowest BCUT2D eigenvalue weighted by Gasteiger charge is -2.10. The summed E-state index contributed by atoms with van der Waals surface area (Å²) in [5, 5.41) is 3.26. The van der Waals surface area contributed by atoms with Crippen LogP contribution >= 0.6 is 11.6 Å². The number of halogens is 1. The van der Waals surface area contributed by atoms with Crippen molar-refractivity contribution in [2.24, 2.45) is 0 Å². The van der Waals surface area contributed by atoms with Crippen molar-refractivity contribution >= 4 is 29.3 Å². The van der Waals surface area contributed by atoms with Crippen molar-refractivity contribution in [2.75, 3.05) is 11.9 Å². The third-order valence-corrected chi connectivity index (χ3v) is 4.20. The lowest BCUT2D eigenvalue weighted by molar-refractivity contribution is -0.111. The number of rotatable bonds is 5. The van der Waals surface area contributed by atoms with Crippen LogP contribution in [0.25, 0.3) is 6.08 Å². The molecule has 0 saturated heterocycles. The summed E-state index contributed by atoms with van der Waals surface area (Å²) in [6.07, 6.45) is 4.22. The van der Waals surface area contributed by atoms with Crippen LogP contribution in [0.4, 0.5) is 5.69 Å². The molecule has 4 nitrogen and oxygen atoms in total. The minimum atomic E-state index is -0.259. The fourth-order valence-electron chi connectivity index (χ4n) is 2.77. The van der Waals surface area contributed by atoms with Crippen molar-refractivity contribution in [3.8, 4) is 11.5 Å². The number of benzene rings is 2. The highest BCUT2D eigenvalue weighted by molar-refractivity contribution is 6.33. The molecule has 1 amide bonds. The first-order valence-electron chi connectivity index (χ1n) is 8.26. The van der Waals surface area contributed by atoms with E-state index in [-0.39, 0.29) is 12.0 Å². The number of ether oxygens (including phenoxy) is 2. The van der Waals surface area contributed by atoms with Crippen LogP contribution in [0.5, 0.6) is 11.5 Å². The van der Waals surface area contributed by atoms with Crippen LogP contribution < -0.4 is 14.8 Å². The average molecular weight is 358 g/mol. The summed E-state index contributed by atoms with van der Waals surface area (Å²) in [7, 11) is 0. The summed E-state index contributed by atoms with van der Waals surface area (Å²) in [5.74, 6) is 1.34. The number of carbonyl (C=O) groups is 1. The van der Waals surface area contributed by atoms with E-state index in [1.807, 2.05) is 38.1 Å². The summed E-state index contributed by atoms with van der Waals surface area (Å²) in [6.45, 7) is 4.53. The fourth-order valence-corrected chi connectivity index (χ4v) is 2.95. The molecule has 5 heteroatoms. The lowest BCUT2D eigenvalue weighted by atomic mass is 10.1. The van der Waals surface area contributed by atoms with Gasteiger partial charge >= 0.3 is 0 Å². The molecule has 0 spiro atoms. The lowest BCUT2D eigenvalue weighted by Crippen LogP contribution is -2.08. The summed E-state index contributed by atoms with van der Waals surface area (Å²) in [5.41, 5.74) is 2.52. The first kappa shape index (κ1) is 17.4. The van der Waals surface area contributed by atoms with Gasteiger partial charge in [-0.05, 0) is 44.2 Å². The van der Waals surface area contributed by atoms with Crippen LogP contribution in [0.2, 0.25) is 5.02 Å². The summed E-state index contributed by atoms with van der Waals surface area (Å²) >= 11 is 6.05. The number of hydrogen-bond donors (Lipinski definition) is 1. The molecule has 1 heterocycles. The van der Waals surface area contributed by atoms with Crippen molar-refractivity contribution in [1.29, 1.82) is 0 Å². The van der Waals surface area contributed by atoms with Gasteiger partial charge < -0.3 is 14.8 Å². The highest BCUT2D eigenvalue weighted by atomic mass is 35.5. The van der Waals surface area contributed by atoms with E-state index in [0.29, 0.717) is 17.3 Å². The Morgan fingerprint density at radius 1 is 1.40 bits per heavy atom. The molecule has 0 bridgehead atoms. The highest BCUT2D eigenvalue weighted by Crippen LogP contribution is 2.35. The van der Waals surface area contributed by atoms with Gasteiger partial charge in [-0.15, -0.1) is 0 Å². The van der Waals surface area contributed by atoms with Gasteiger partial charge in [0.15, 0.2) is 0 Å². The Hall–Kier alpha value is -2.46. The highest BCUT2D eigenvalue weighted by Gasteiger charge is 2.21. The molecule has 0 radical (unpaired) electrons. The van der Waals surface area contributed by atoms with Crippen molar-refractivity contribution in [3.63, 3.8) is 0 Å². The van der Waals surface area contributed by atoms with E-state index >= 15 is 0 Å². The van der Waals surface area contributed by atoms with Gasteiger partial charge in [0.1, 0.15) is 17.6 Å². The molecule has 130 valence electrons. The first-order chi connectivity index (χ1) is 12.1. The van der Waals surface area contributed by atoms with Crippen LogP contribution in [0.15, 0.2) is 42.5 Å². The van der Waals surface area contributed by atoms with E-state index < -0.39 is 0 Å². The molecule has 25 heavy (non-hydrogen) atoms. The topological polar surface area (TPSA) is 47.6 Å². The number of hydrogen-bond acceptors (Lipinski definition) is 3. The van der Waals surface area contributed by atoms with Crippen LogP contribution in [0, 0.1) is 0 Å². The van der Waals surface area contributed by atoms with Crippen LogP contribution in [-0.4, -0.2) is 18.6 Å². The maximum Gasteiger partial charge on any atom is 0.248 e. The molecule has 0 unspecified atom stereocenters. The molecule has 1 N–H and O–H groups in total. The van der Waals surface area contributed by atoms with Gasteiger partial charge in [0.05, 0.1) is 17.3 Å². The van der Waals surface area contributed by atoms with Gasteiger partial charge in [-0.25, -0.2) is 0 Å². The van der Waals surface area contributed by atoms with Crippen LogP contribution in [-0.2, 0) is 11.2 Å². The summed E-state index contributed by atoms with van der Waals surface area (Å²) in [4.78, 5) is 12.2. The molecule has 0 fully saturated rings. The number of nitrogens with one attached hydrogen (secondary N) is 1. The monoisotopic (exact) mass is 357 g/mol. The zero-order chi connectivity index (χ0) is 17.8. The van der Waals surface area contributed by atoms with Crippen molar-refractivity contribution in [3.05, 3.63) is 58.6 Å². The Labute approximate surface area is 152 Å². The van der Waals surface area contributed by atoms with Gasteiger partial charge in [0, 0.05) is 23.6 Å². The Bertz CT molecular complexity index is 817. The van der Waals surface area contributed by atoms with E-state index in [1.54, 1.807) is 18.2 Å². The van der Waals surface area contributed by atoms with E-state index in [1.165, 1.54) is 6.08 Å². The molecular weight excluding hydrogens is 338 g/mol. The van der Waals surface area contributed by atoms with Gasteiger partial charge in [0.25, 0.3) is 0 Å². The standard InChI is InChI=1S/C20H20ClNO3/c1-3-24-18-12-15-10-13(2)25-19(15)11-14(18)8-9-20(23)22-17-7-5-4-6-16(17)21/h4-9,11-13H,3,10H2,1-2H3,(H,22,23)/b9-8+/t13-/m1/s1. The molecule has 2 aromatic rings. The number of amides is 1. The molecule has 0 aliphatic carbocycles. The Balaban J connectivity index is 1.79. The molecule has 1 aliphatic heterocycles. The van der Waals surface area contributed by atoms with Gasteiger partial charge in [-0.2, -0.15) is 0 Å². The zero-order valence-corrected chi connectivity index (χ0v) is 15.0. The molecule has 1 atom stereocenters. The van der Waals surface area contributed by atoms with Crippen molar-refractivity contribution < 1.29 is 14.3 Å². The summed E-state index contributed by atoms with van der Waals surface area (Å²) in [6, 6.07) is 11.0. The summed E-state index contributed by atoms with van der Waals surface area (Å²) < 4.78 is 11.5. The third kappa shape index (κ3) is 4.15. The fraction of sp³-hybridized carbons (Fsp3) is 0.250. The molecular formula is C20H20ClNO3. The van der Waals surface area contributed by atoms with E-state index in [0.717, 1.165) is 29.0 Å². The third-order valence-electron chi connectivity index (χ3n) is 3.87. The maximum atomic E-state index is 12.2. The molecule has 0 aromatic heterocycles. The van der Waals surface area contributed by atoms with Crippen LogP contribution in [0.1, 0.15) is 25.0 Å². The Morgan fingerprint density at radius 3 is 2.96 bits per heavy atom. The smallest absolute Gasteiger partial charge is 0.248 e.